The summed E-state index contributed by atoms with van der Waals surface area (Å²) in [5.74, 6) is -3.25. The molecule has 208 valence electrons. The zero-order valence-corrected chi connectivity index (χ0v) is 22.8. The van der Waals surface area contributed by atoms with Crippen molar-refractivity contribution in [3.8, 4) is 33.8 Å². The summed E-state index contributed by atoms with van der Waals surface area (Å²) >= 11 is 0. The Bertz CT molecular complexity index is 1430. The van der Waals surface area contributed by atoms with E-state index in [2.05, 4.69) is 6.92 Å². The van der Waals surface area contributed by atoms with E-state index < -0.39 is 23.4 Å². The van der Waals surface area contributed by atoms with Crippen molar-refractivity contribution in [3.63, 3.8) is 0 Å². The van der Waals surface area contributed by atoms with Crippen LogP contribution in [-0.2, 0) is 0 Å². The van der Waals surface area contributed by atoms with Crippen molar-refractivity contribution in [1.29, 1.82) is 0 Å². The summed E-state index contributed by atoms with van der Waals surface area (Å²) in [4.78, 5) is 12.6. The van der Waals surface area contributed by atoms with Gasteiger partial charge in [0, 0.05) is 17.2 Å². The number of carbonyl (C=O) groups excluding carboxylic acids is 1. The molecule has 0 saturated carbocycles. The molecule has 0 spiro atoms. The van der Waals surface area contributed by atoms with Crippen molar-refractivity contribution in [2.75, 3.05) is 6.61 Å². The standard InChI is InChI=1S/C34H33F3O3/c1-3-4-5-6-7-8-21-39-27-17-20-31(30(35)22-27)40-34(38)26-15-13-25(14-16-26)29-19-18-28(32(36)33(29)37)24-11-9-23(2)10-12-24/h9-20,22H,3-8,21H2,1-2H3. The van der Waals surface area contributed by atoms with Gasteiger partial charge in [-0.15, -0.1) is 0 Å². The first-order valence-corrected chi connectivity index (χ1v) is 13.7. The van der Waals surface area contributed by atoms with Crippen LogP contribution in [0.2, 0.25) is 0 Å². The van der Waals surface area contributed by atoms with Crippen LogP contribution >= 0.6 is 0 Å². The first-order chi connectivity index (χ1) is 19.4. The summed E-state index contributed by atoms with van der Waals surface area (Å²) in [5.41, 5.74) is 2.37. The molecule has 0 unspecified atom stereocenters. The number of carbonyl (C=O) groups is 1. The van der Waals surface area contributed by atoms with E-state index in [4.69, 9.17) is 9.47 Å². The highest BCUT2D eigenvalue weighted by atomic mass is 19.2. The third-order valence-electron chi connectivity index (χ3n) is 6.75. The van der Waals surface area contributed by atoms with E-state index in [1.54, 1.807) is 18.2 Å². The molecule has 40 heavy (non-hydrogen) atoms. The van der Waals surface area contributed by atoms with Crippen LogP contribution in [0.1, 0.15) is 61.4 Å². The van der Waals surface area contributed by atoms with Gasteiger partial charge >= 0.3 is 5.97 Å². The molecular weight excluding hydrogens is 513 g/mol. The molecule has 0 radical (unpaired) electrons. The average Bonchev–Trinajstić information content (AvgIpc) is 2.96. The lowest BCUT2D eigenvalue weighted by Crippen LogP contribution is -2.09. The second kappa shape index (κ2) is 13.8. The summed E-state index contributed by atoms with van der Waals surface area (Å²) in [6.07, 6.45) is 6.77. The fourth-order valence-corrected chi connectivity index (χ4v) is 4.40. The van der Waals surface area contributed by atoms with Crippen LogP contribution in [0.4, 0.5) is 13.2 Å². The van der Waals surface area contributed by atoms with Crippen LogP contribution in [0.25, 0.3) is 22.3 Å². The number of rotatable bonds is 12. The maximum Gasteiger partial charge on any atom is 0.343 e. The lowest BCUT2D eigenvalue weighted by Gasteiger charge is -2.11. The first kappa shape index (κ1) is 28.9. The van der Waals surface area contributed by atoms with Gasteiger partial charge in [0.25, 0.3) is 0 Å². The van der Waals surface area contributed by atoms with Gasteiger partial charge in [-0.3, -0.25) is 0 Å². The third-order valence-corrected chi connectivity index (χ3v) is 6.75. The topological polar surface area (TPSA) is 35.5 Å². The SMILES string of the molecule is CCCCCCCCOc1ccc(OC(=O)c2ccc(-c3ccc(-c4ccc(C)cc4)c(F)c3F)cc2)c(F)c1. The van der Waals surface area contributed by atoms with E-state index in [0.29, 0.717) is 23.5 Å². The van der Waals surface area contributed by atoms with E-state index in [0.717, 1.165) is 24.8 Å². The van der Waals surface area contributed by atoms with E-state index in [-0.39, 0.29) is 22.4 Å². The Labute approximate surface area is 233 Å². The molecule has 0 aliphatic heterocycles. The molecule has 0 N–H and O–H groups in total. The summed E-state index contributed by atoms with van der Waals surface area (Å²) in [6, 6.07) is 20.2. The van der Waals surface area contributed by atoms with Gasteiger partial charge < -0.3 is 9.47 Å². The van der Waals surface area contributed by atoms with Crippen LogP contribution in [0.3, 0.4) is 0 Å². The lowest BCUT2D eigenvalue weighted by molar-refractivity contribution is 0.0727. The van der Waals surface area contributed by atoms with E-state index >= 15 is 0 Å². The van der Waals surface area contributed by atoms with Crippen LogP contribution < -0.4 is 9.47 Å². The highest BCUT2D eigenvalue weighted by molar-refractivity contribution is 5.91. The molecule has 0 atom stereocenters. The van der Waals surface area contributed by atoms with Gasteiger partial charge in [0.1, 0.15) is 5.75 Å². The summed E-state index contributed by atoms with van der Waals surface area (Å²) in [6.45, 7) is 4.59. The summed E-state index contributed by atoms with van der Waals surface area (Å²) in [7, 11) is 0. The van der Waals surface area contributed by atoms with E-state index in [1.165, 1.54) is 67.8 Å². The van der Waals surface area contributed by atoms with Gasteiger partial charge in [0.05, 0.1) is 12.2 Å². The predicted molar refractivity (Wildman–Crippen MR) is 152 cm³/mol. The maximum absolute atomic E-state index is 15.0. The Morgan fingerprint density at radius 2 is 1.27 bits per heavy atom. The normalized spacial score (nSPS) is 10.9. The number of unbranched alkanes of at least 4 members (excludes halogenated alkanes) is 5. The van der Waals surface area contributed by atoms with Crippen molar-refractivity contribution < 1.29 is 27.4 Å². The monoisotopic (exact) mass is 546 g/mol. The molecule has 0 heterocycles. The number of aryl methyl sites for hydroxylation is 1. The molecule has 0 aromatic heterocycles. The van der Waals surface area contributed by atoms with Crippen LogP contribution in [0, 0.1) is 24.4 Å². The second-order valence-electron chi connectivity index (χ2n) is 9.83. The summed E-state index contributed by atoms with van der Waals surface area (Å²) < 4.78 is 55.3. The average molecular weight is 547 g/mol. The zero-order valence-electron chi connectivity index (χ0n) is 22.8. The molecule has 0 aliphatic carbocycles. The predicted octanol–water partition coefficient (Wildman–Crippen LogP) is 9.70. The third kappa shape index (κ3) is 7.32. The van der Waals surface area contributed by atoms with Gasteiger partial charge in [-0.2, -0.15) is 0 Å². The van der Waals surface area contributed by atoms with Crippen molar-refractivity contribution in [2.45, 2.75) is 52.4 Å². The first-order valence-electron chi connectivity index (χ1n) is 13.7. The molecule has 0 bridgehead atoms. The van der Waals surface area contributed by atoms with Crippen LogP contribution in [0.5, 0.6) is 11.5 Å². The molecule has 4 aromatic rings. The minimum absolute atomic E-state index is 0.0656. The van der Waals surface area contributed by atoms with Gasteiger partial charge in [-0.1, -0.05) is 93.1 Å². The number of halogens is 3. The fourth-order valence-electron chi connectivity index (χ4n) is 4.40. The Hall–Kier alpha value is -4.06. The molecule has 4 rings (SSSR count). The Morgan fingerprint density at radius 1 is 0.700 bits per heavy atom. The number of hydrogen-bond donors (Lipinski definition) is 0. The van der Waals surface area contributed by atoms with Crippen molar-refractivity contribution >= 4 is 5.97 Å². The number of benzene rings is 4. The van der Waals surface area contributed by atoms with E-state index in [1.807, 2.05) is 19.1 Å². The van der Waals surface area contributed by atoms with Gasteiger partial charge in [-0.25, -0.2) is 18.0 Å². The molecule has 0 aliphatic rings. The van der Waals surface area contributed by atoms with Crippen LogP contribution in [-0.4, -0.2) is 12.6 Å². The van der Waals surface area contributed by atoms with Gasteiger partial charge in [-0.05, 0) is 48.7 Å². The molecule has 6 heteroatoms. The Morgan fingerprint density at radius 3 is 1.88 bits per heavy atom. The molecule has 4 aromatic carbocycles. The largest absolute Gasteiger partial charge is 0.493 e. The molecule has 0 saturated heterocycles. The van der Waals surface area contributed by atoms with Crippen molar-refractivity contribution in [3.05, 3.63) is 107 Å². The number of hydrogen-bond acceptors (Lipinski definition) is 3. The smallest absolute Gasteiger partial charge is 0.343 e. The molecule has 0 fully saturated rings. The van der Waals surface area contributed by atoms with Crippen LogP contribution in [0.15, 0.2) is 78.9 Å². The highest BCUT2D eigenvalue weighted by Gasteiger charge is 2.17. The molecule has 0 amide bonds. The quantitative estimate of drug-likeness (QED) is 0.101. The summed E-state index contributed by atoms with van der Waals surface area (Å²) in [5, 5.41) is 0. The zero-order chi connectivity index (χ0) is 28.5. The van der Waals surface area contributed by atoms with Crippen molar-refractivity contribution in [2.24, 2.45) is 0 Å². The minimum atomic E-state index is -0.978. The number of ether oxygens (including phenoxy) is 2. The molecule has 3 nitrogen and oxygen atoms in total. The maximum atomic E-state index is 15.0. The van der Waals surface area contributed by atoms with E-state index in [9.17, 15) is 18.0 Å². The Balaban J connectivity index is 1.37. The highest BCUT2D eigenvalue weighted by Crippen LogP contribution is 2.32. The van der Waals surface area contributed by atoms with Crippen molar-refractivity contribution in [1.82, 2.24) is 0 Å². The number of esters is 1. The van der Waals surface area contributed by atoms with Gasteiger partial charge in [0.2, 0.25) is 0 Å². The minimum Gasteiger partial charge on any atom is -0.493 e. The lowest BCUT2D eigenvalue weighted by atomic mass is 9.98. The fraction of sp³-hybridized carbons (Fsp3) is 0.265. The second-order valence-corrected chi connectivity index (χ2v) is 9.83. The van der Waals surface area contributed by atoms with Gasteiger partial charge in [0.15, 0.2) is 23.2 Å². The molecular formula is C34H33F3O3. The Kier molecular flexibility index (Phi) is 10.0.